The smallest absolute Gasteiger partial charge is 0.303 e. The molecule has 0 aromatic rings. The number of allylic oxidation sites excluding steroid dienone is 3. The molecule has 4 aliphatic rings. The van der Waals surface area contributed by atoms with Gasteiger partial charge in [0.05, 0.1) is 5.60 Å². The zero-order chi connectivity index (χ0) is 27.0. The molecule has 0 aromatic heterocycles. The minimum Gasteiger partial charge on any atom is -0.462 e. The SMILES string of the molecule is C=C1C(=CC=C2CCC[C@@]3(C)C2CCC3C2(CCCC(C)(C)O)CC2)CC(OC(C)=O)C[C@@H]1OC(C)=O. The molecular weight excluding hydrogens is 464 g/mol. The number of ether oxygens (including phenoxy) is 2. The van der Waals surface area contributed by atoms with Crippen LogP contribution in [0.5, 0.6) is 0 Å². The van der Waals surface area contributed by atoms with Crippen LogP contribution in [0.15, 0.2) is 35.5 Å². The van der Waals surface area contributed by atoms with Crippen molar-refractivity contribution in [3.63, 3.8) is 0 Å². The molecule has 0 radical (unpaired) electrons. The molecule has 5 heteroatoms. The molecule has 0 amide bonds. The molecule has 5 atom stereocenters. The first-order valence-corrected chi connectivity index (χ1v) is 14.5. The van der Waals surface area contributed by atoms with Crippen LogP contribution in [0.3, 0.4) is 0 Å². The lowest BCUT2D eigenvalue weighted by Gasteiger charge is -2.45. The Morgan fingerprint density at radius 2 is 1.81 bits per heavy atom. The first kappa shape index (κ1) is 28.1. The molecule has 206 valence electrons. The van der Waals surface area contributed by atoms with Crippen molar-refractivity contribution in [2.75, 3.05) is 0 Å². The maximum absolute atomic E-state index is 11.7. The summed E-state index contributed by atoms with van der Waals surface area (Å²) >= 11 is 0. The van der Waals surface area contributed by atoms with Crippen LogP contribution in [0, 0.1) is 22.7 Å². The lowest BCUT2D eigenvalue weighted by molar-refractivity contribution is -0.152. The molecule has 3 unspecified atom stereocenters. The van der Waals surface area contributed by atoms with Gasteiger partial charge in [-0.05, 0) is 105 Å². The summed E-state index contributed by atoms with van der Waals surface area (Å²) in [6.07, 6.45) is 17.0. The standard InChI is InChI=1S/C32H48O5/c1-21-25(19-26(36-22(2)33)20-28(21)37-23(3)34)11-10-24-9-7-15-31(6)27(24)12-13-29(31)32(17-18-32)16-8-14-30(4,5)35/h10-11,26-29,35H,1,7-9,12-20H2,2-6H3/t26?,27?,28-,29?,31-/m0/s1. The minimum atomic E-state index is -0.571. The highest BCUT2D eigenvalue weighted by Crippen LogP contribution is 2.70. The van der Waals surface area contributed by atoms with Gasteiger partial charge in [0.2, 0.25) is 0 Å². The van der Waals surface area contributed by atoms with Gasteiger partial charge in [0.25, 0.3) is 0 Å². The number of hydrogen-bond acceptors (Lipinski definition) is 5. The average Bonchev–Trinajstić information content (AvgIpc) is 3.45. The molecule has 0 spiro atoms. The first-order valence-electron chi connectivity index (χ1n) is 14.5. The minimum absolute atomic E-state index is 0.303. The average molecular weight is 513 g/mol. The van der Waals surface area contributed by atoms with Gasteiger partial charge in [-0.2, -0.15) is 0 Å². The van der Waals surface area contributed by atoms with Gasteiger partial charge in [-0.3, -0.25) is 9.59 Å². The number of hydrogen-bond donors (Lipinski definition) is 1. The summed E-state index contributed by atoms with van der Waals surface area (Å²) < 4.78 is 11.0. The van der Waals surface area contributed by atoms with Gasteiger partial charge in [-0.1, -0.05) is 37.6 Å². The molecule has 4 fully saturated rings. The number of fused-ring (bicyclic) bond motifs is 1. The van der Waals surface area contributed by atoms with E-state index in [1.54, 1.807) is 5.57 Å². The van der Waals surface area contributed by atoms with E-state index >= 15 is 0 Å². The molecule has 37 heavy (non-hydrogen) atoms. The monoisotopic (exact) mass is 512 g/mol. The van der Waals surface area contributed by atoms with Crippen LogP contribution < -0.4 is 0 Å². The van der Waals surface area contributed by atoms with Gasteiger partial charge in [-0.15, -0.1) is 0 Å². The molecule has 1 N–H and O–H groups in total. The Morgan fingerprint density at radius 3 is 2.43 bits per heavy atom. The molecule has 5 nitrogen and oxygen atoms in total. The molecule has 0 saturated heterocycles. The van der Waals surface area contributed by atoms with Crippen molar-refractivity contribution < 1.29 is 24.2 Å². The molecule has 0 aliphatic heterocycles. The van der Waals surface area contributed by atoms with E-state index < -0.39 is 11.7 Å². The Bertz CT molecular complexity index is 962. The van der Waals surface area contributed by atoms with Crippen LogP contribution in [-0.2, 0) is 19.1 Å². The fourth-order valence-corrected chi connectivity index (χ4v) is 8.13. The summed E-state index contributed by atoms with van der Waals surface area (Å²) in [5.74, 6) is 0.729. The van der Waals surface area contributed by atoms with Crippen molar-refractivity contribution in [2.24, 2.45) is 22.7 Å². The second-order valence-corrected chi connectivity index (χ2v) is 13.3. The van der Waals surface area contributed by atoms with Crippen LogP contribution in [-0.4, -0.2) is 34.9 Å². The van der Waals surface area contributed by atoms with E-state index in [1.807, 2.05) is 13.8 Å². The number of rotatable bonds is 8. The zero-order valence-corrected chi connectivity index (χ0v) is 23.7. The Morgan fingerprint density at radius 1 is 1.11 bits per heavy atom. The normalized spacial score (nSPS) is 35.4. The highest BCUT2D eigenvalue weighted by atomic mass is 16.6. The highest BCUT2D eigenvalue weighted by molar-refractivity contribution is 5.67. The van der Waals surface area contributed by atoms with Crippen LogP contribution in [0.4, 0.5) is 0 Å². The van der Waals surface area contributed by atoms with E-state index in [0.29, 0.717) is 29.6 Å². The third-order valence-corrected chi connectivity index (χ3v) is 9.92. The van der Waals surface area contributed by atoms with Crippen LogP contribution >= 0.6 is 0 Å². The molecule has 0 aromatic carbocycles. The van der Waals surface area contributed by atoms with Gasteiger partial charge in [0, 0.05) is 26.7 Å². The van der Waals surface area contributed by atoms with Gasteiger partial charge >= 0.3 is 11.9 Å². The van der Waals surface area contributed by atoms with Crippen molar-refractivity contribution in [3.8, 4) is 0 Å². The van der Waals surface area contributed by atoms with E-state index in [-0.39, 0.29) is 18.0 Å². The third kappa shape index (κ3) is 6.41. The second-order valence-electron chi connectivity index (χ2n) is 13.3. The van der Waals surface area contributed by atoms with E-state index in [9.17, 15) is 14.7 Å². The van der Waals surface area contributed by atoms with Crippen molar-refractivity contribution >= 4 is 11.9 Å². The lowest BCUT2D eigenvalue weighted by Crippen LogP contribution is -2.37. The Labute approximate surface area is 223 Å². The summed E-state index contributed by atoms with van der Waals surface area (Å²) in [6, 6.07) is 0. The topological polar surface area (TPSA) is 72.8 Å². The maximum atomic E-state index is 11.7. The summed E-state index contributed by atoms with van der Waals surface area (Å²) in [5.41, 5.74) is 3.64. The zero-order valence-electron chi connectivity index (χ0n) is 23.7. The Balaban J connectivity index is 1.51. The summed E-state index contributed by atoms with van der Waals surface area (Å²) in [4.78, 5) is 23.3. The maximum Gasteiger partial charge on any atom is 0.303 e. The van der Waals surface area contributed by atoms with E-state index in [0.717, 1.165) is 36.3 Å². The molecule has 4 aliphatic carbocycles. The van der Waals surface area contributed by atoms with Gasteiger partial charge < -0.3 is 14.6 Å². The van der Waals surface area contributed by atoms with Crippen LogP contribution in [0.25, 0.3) is 0 Å². The predicted octanol–water partition coefficient (Wildman–Crippen LogP) is 6.99. The van der Waals surface area contributed by atoms with E-state index in [2.05, 4.69) is 25.7 Å². The lowest BCUT2D eigenvalue weighted by atomic mass is 9.59. The summed E-state index contributed by atoms with van der Waals surface area (Å²) in [6.45, 7) is 13.5. The van der Waals surface area contributed by atoms with Gasteiger partial charge in [0.1, 0.15) is 12.2 Å². The van der Waals surface area contributed by atoms with Crippen molar-refractivity contribution in [2.45, 2.75) is 129 Å². The molecule has 0 heterocycles. The molecule has 4 saturated carbocycles. The highest BCUT2D eigenvalue weighted by Gasteiger charge is 2.60. The van der Waals surface area contributed by atoms with Crippen molar-refractivity contribution in [3.05, 3.63) is 35.5 Å². The van der Waals surface area contributed by atoms with Gasteiger partial charge in [0.15, 0.2) is 0 Å². The second kappa shape index (κ2) is 10.7. The van der Waals surface area contributed by atoms with Crippen molar-refractivity contribution in [1.82, 2.24) is 0 Å². The first-order chi connectivity index (χ1) is 17.3. The van der Waals surface area contributed by atoms with Crippen LogP contribution in [0.2, 0.25) is 0 Å². The fourth-order valence-electron chi connectivity index (χ4n) is 8.13. The summed E-state index contributed by atoms with van der Waals surface area (Å²) in [7, 11) is 0. The molecule has 4 rings (SSSR count). The number of carbonyl (C=O) groups excluding carboxylic acids is 2. The third-order valence-electron chi connectivity index (χ3n) is 9.92. The fraction of sp³-hybridized carbons (Fsp3) is 0.750. The molecular formula is C32H48O5. The number of esters is 2. The van der Waals surface area contributed by atoms with Gasteiger partial charge in [-0.25, -0.2) is 0 Å². The largest absolute Gasteiger partial charge is 0.462 e. The predicted molar refractivity (Wildman–Crippen MR) is 146 cm³/mol. The quantitative estimate of drug-likeness (QED) is 0.355. The summed E-state index contributed by atoms with van der Waals surface area (Å²) in [5, 5.41) is 10.2. The number of aliphatic hydroxyl groups is 1. The Hall–Kier alpha value is -1.88. The van der Waals surface area contributed by atoms with E-state index in [1.165, 1.54) is 58.8 Å². The molecule has 0 bridgehead atoms. The Kier molecular flexibility index (Phi) is 8.14. The van der Waals surface area contributed by atoms with Crippen LogP contribution in [0.1, 0.15) is 112 Å². The van der Waals surface area contributed by atoms with E-state index in [4.69, 9.17) is 9.47 Å². The number of carbonyl (C=O) groups is 2. The van der Waals surface area contributed by atoms with Crippen molar-refractivity contribution in [1.29, 1.82) is 0 Å².